The van der Waals surface area contributed by atoms with E-state index in [1.807, 2.05) is 11.6 Å². The zero-order valence-corrected chi connectivity index (χ0v) is 9.60. The Morgan fingerprint density at radius 1 is 1.17 bits per heavy atom. The zero-order chi connectivity index (χ0) is 12.3. The van der Waals surface area contributed by atoms with Crippen molar-refractivity contribution in [1.82, 2.24) is 4.57 Å². The average molecular weight is 243 g/mol. The Morgan fingerprint density at radius 2 is 2.06 bits per heavy atom. The van der Waals surface area contributed by atoms with Gasteiger partial charge in [-0.15, -0.1) is 0 Å². The van der Waals surface area contributed by atoms with Gasteiger partial charge in [-0.3, -0.25) is 4.79 Å². The summed E-state index contributed by atoms with van der Waals surface area (Å²) in [5.41, 5.74) is 1.19. The van der Waals surface area contributed by atoms with Gasteiger partial charge in [-0.2, -0.15) is 0 Å². The Bertz CT molecular complexity index is 843. The second-order valence-electron chi connectivity index (χ2n) is 4.22. The smallest absolute Gasteiger partial charge is 0.231 e. The van der Waals surface area contributed by atoms with Crippen LogP contribution in [-0.2, 0) is 7.05 Å². The van der Waals surface area contributed by atoms with Gasteiger partial charge in [0, 0.05) is 7.05 Å². The molecule has 0 saturated heterocycles. The van der Waals surface area contributed by atoms with Crippen molar-refractivity contribution < 1.29 is 13.9 Å². The molecule has 2 aromatic heterocycles. The molecule has 0 saturated carbocycles. The Kier molecular flexibility index (Phi) is 1.63. The lowest BCUT2D eigenvalue weighted by Gasteiger charge is -2.08. The quantitative estimate of drug-likeness (QED) is 0.606. The van der Waals surface area contributed by atoms with Crippen LogP contribution in [0.5, 0.6) is 11.5 Å². The molecule has 3 heterocycles. The summed E-state index contributed by atoms with van der Waals surface area (Å²) < 4.78 is 18.0. The summed E-state index contributed by atoms with van der Waals surface area (Å²) >= 11 is 0. The van der Waals surface area contributed by atoms with Crippen molar-refractivity contribution in [2.75, 3.05) is 6.79 Å². The normalized spacial score (nSPS) is 13.6. The second kappa shape index (κ2) is 3.07. The summed E-state index contributed by atoms with van der Waals surface area (Å²) in [7, 11) is 1.84. The molecule has 3 aromatic rings. The van der Waals surface area contributed by atoms with Gasteiger partial charge in [0.1, 0.15) is 5.52 Å². The highest BCUT2D eigenvalue weighted by atomic mass is 16.7. The molecule has 0 N–H and O–H groups in total. The minimum atomic E-state index is -0.0508. The van der Waals surface area contributed by atoms with Crippen LogP contribution < -0.4 is 14.9 Å². The molecule has 90 valence electrons. The third-order valence-electron chi connectivity index (χ3n) is 3.29. The predicted octanol–water partition coefficient (Wildman–Crippen LogP) is 2.01. The maximum atomic E-state index is 12.3. The number of benzene rings is 1. The van der Waals surface area contributed by atoms with Crippen LogP contribution in [0.1, 0.15) is 0 Å². The van der Waals surface area contributed by atoms with Gasteiger partial charge in [-0.1, -0.05) is 0 Å². The van der Waals surface area contributed by atoms with E-state index in [-0.39, 0.29) is 12.2 Å². The Hall–Kier alpha value is -2.43. The molecule has 1 aromatic carbocycles. The van der Waals surface area contributed by atoms with Crippen molar-refractivity contribution in [3.63, 3.8) is 0 Å². The van der Waals surface area contributed by atoms with Crippen molar-refractivity contribution in [3.8, 4) is 11.5 Å². The van der Waals surface area contributed by atoms with E-state index in [0.29, 0.717) is 33.5 Å². The average Bonchev–Trinajstić information content (AvgIpc) is 3.02. The third-order valence-corrected chi connectivity index (χ3v) is 3.29. The molecule has 0 atom stereocenters. The molecule has 1 aliphatic heterocycles. The number of fused-ring (bicyclic) bond motifs is 4. The number of hydrogen-bond acceptors (Lipinski definition) is 4. The molecular formula is C13H9NO4. The Labute approximate surface area is 101 Å². The highest BCUT2D eigenvalue weighted by molar-refractivity contribution is 5.96. The summed E-state index contributed by atoms with van der Waals surface area (Å²) in [5, 5.41) is 1.18. The number of aryl methyl sites for hydroxylation is 1. The van der Waals surface area contributed by atoms with Crippen LogP contribution in [0.2, 0.25) is 0 Å². The highest BCUT2D eigenvalue weighted by Crippen LogP contribution is 2.38. The van der Waals surface area contributed by atoms with Crippen LogP contribution >= 0.6 is 0 Å². The van der Waals surface area contributed by atoms with Crippen LogP contribution in [-0.4, -0.2) is 11.4 Å². The molecule has 5 heteroatoms. The van der Waals surface area contributed by atoms with Crippen LogP contribution in [0.15, 0.2) is 33.7 Å². The Balaban J connectivity index is 2.35. The van der Waals surface area contributed by atoms with Crippen LogP contribution in [0, 0.1) is 0 Å². The molecule has 0 radical (unpaired) electrons. The van der Waals surface area contributed by atoms with Gasteiger partial charge < -0.3 is 18.5 Å². The standard InChI is InChI=1S/C13H9NO4/c1-14-10-7(2-3-9-12(10)18-6-17-9)11(15)8-4-5-16-13(8)14/h2-5H,6H2,1H3. The van der Waals surface area contributed by atoms with Crippen LogP contribution in [0.25, 0.3) is 22.0 Å². The second-order valence-corrected chi connectivity index (χ2v) is 4.22. The molecule has 0 aliphatic carbocycles. The number of nitrogens with zero attached hydrogens (tertiary/aromatic N) is 1. The van der Waals surface area contributed by atoms with Crippen molar-refractivity contribution in [1.29, 1.82) is 0 Å². The van der Waals surface area contributed by atoms with Gasteiger partial charge in [0.25, 0.3) is 0 Å². The summed E-state index contributed by atoms with van der Waals surface area (Å²) in [6.07, 6.45) is 1.52. The number of pyridine rings is 1. The lowest BCUT2D eigenvalue weighted by Crippen LogP contribution is -2.08. The molecule has 0 amide bonds. The summed E-state index contributed by atoms with van der Waals surface area (Å²) in [6, 6.07) is 5.21. The highest BCUT2D eigenvalue weighted by Gasteiger charge is 2.21. The van der Waals surface area contributed by atoms with E-state index in [9.17, 15) is 4.79 Å². The predicted molar refractivity (Wildman–Crippen MR) is 65.1 cm³/mol. The van der Waals surface area contributed by atoms with E-state index in [2.05, 4.69) is 0 Å². The van der Waals surface area contributed by atoms with Crippen molar-refractivity contribution in [2.24, 2.45) is 7.05 Å². The minimum Gasteiger partial charge on any atom is -0.454 e. The fourth-order valence-electron chi connectivity index (χ4n) is 2.45. The van der Waals surface area contributed by atoms with Crippen molar-refractivity contribution in [2.45, 2.75) is 0 Å². The van der Waals surface area contributed by atoms with Crippen LogP contribution in [0.4, 0.5) is 0 Å². The van der Waals surface area contributed by atoms with Gasteiger partial charge in [0.15, 0.2) is 11.5 Å². The van der Waals surface area contributed by atoms with Crippen molar-refractivity contribution in [3.05, 3.63) is 34.7 Å². The number of hydrogen-bond donors (Lipinski definition) is 0. The van der Waals surface area contributed by atoms with Gasteiger partial charge in [0.2, 0.25) is 17.9 Å². The Morgan fingerprint density at radius 3 is 2.94 bits per heavy atom. The largest absolute Gasteiger partial charge is 0.454 e. The molecule has 4 rings (SSSR count). The lowest BCUT2D eigenvalue weighted by atomic mass is 10.1. The van der Waals surface area contributed by atoms with Gasteiger partial charge in [-0.25, -0.2) is 0 Å². The minimum absolute atomic E-state index is 0.0508. The number of aromatic nitrogens is 1. The van der Waals surface area contributed by atoms with E-state index in [0.717, 1.165) is 0 Å². The fraction of sp³-hybridized carbons (Fsp3) is 0.154. The van der Waals surface area contributed by atoms with E-state index >= 15 is 0 Å². The first-order valence-electron chi connectivity index (χ1n) is 5.56. The van der Waals surface area contributed by atoms with Crippen LogP contribution in [0.3, 0.4) is 0 Å². The molecule has 0 bridgehead atoms. The molecular weight excluding hydrogens is 234 g/mol. The van der Waals surface area contributed by atoms with Gasteiger partial charge >= 0.3 is 0 Å². The molecule has 0 fully saturated rings. The van der Waals surface area contributed by atoms with Gasteiger partial charge in [-0.05, 0) is 18.2 Å². The van der Waals surface area contributed by atoms with E-state index in [4.69, 9.17) is 13.9 Å². The van der Waals surface area contributed by atoms with E-state index in [1.165, 1.54) is 6.26 Å². The summed E-state index contributed by atoms with van der Waals surface area (Å²) in [6.45, 7) is 0.179. The molecule has 18 heavy (non-hydrogen) atoms. The lowest BCUT2D eigenvalue weighted by molar-refractivity contribution is 0.174. The zero-order valence-electron chi connectivity index (χ0n) is 9.60. The van der Waals surface area contributed by atoms with Gasteiger partial charge in [0.05, 0.1) is 17.0 Å². The van der Waals surface area contributed by atoms with E-state index < -0.39 is 0 Å². The van der Waals surface area contributed by atoms with Crippen molar-refractivity contribution >= 4 is 22.0 Å². The molecule has 0 spiro atoms. The first-order valence-corrected chi connectivity index (χ1v) is 5.56. The maximum Gasteiger partial charge on any atom is 0.231 e. The fourth-order valence-corrected chi connectivity index (χ4v) is 2.45. The first-order chi connectivity index (χ1) is 8.77. The topological polar surface area (TPSA) is 53.6 Å². The SMILES string of the molecule is Cn1c2occc2c(=O)c2ccc3c(c21)OCO3. The molecule has 0 unspecified atom stereocenters. The summed E-state index contributed by atoms with van der Waals surface area (Å²) in [4.78, 5) is 12.3. The number of ether oxygens (including phenoxy) is 2. The number of furan rings is 1. The van der Waals surface area contributed by atoms with E-state index in [1.54, 1.807) is 18.2 Å². The first kappa shape index (κ1) is 9.58. The summed E-state index contributed by atoms with van der Waals surface area (Å²) in [5.74, 6) is 1.26. The maximum absolute atomic E-state index is 12.3. The molecule has 1 aliphatic rings. The number of rotatable bonds is 0. The monoisotopic (exact) mass is 243 g/mol. The molecule has 5 nitrogen and oxygen atoms in total. The third kappa shape index (κ3) is 0.989.